The van der Waals surface area contributed by atoms with E-state index < -0.39 is 23.8 Å². The minimum atomic E-state index is -2.99. The van der Waals surface area contributed by atoms with Gasteiger partial charge in [0, 0.05) is 24.0 Å². The molecule has 0 aliphatic rings. The third-order valence-electron chi connectivity index (χ3n) is 3.85. The predicted molar refractivity (Wildman–Crippen MR) is 90.1 cm³/mol. The van der Waals surface area contributed by atoms with Gasteiger partial charge in [0.15, 0.2) is 0 Å². The van der Waals surface area contributed by atoms with E-state index >= 15 is 0 Å². The highest BCUT2D eigenvalue weighted by molar-refractivity contribution is 5.64. The van der Waals surface area contributed by atoms with Crippen LogP contribution in [0.15, 0.2) is 30.5 Å². The zero-order valence-corrected chi connectivity index (χ0v) is 14.5. The Hall–Kier alpha value is -2.49. The molecule has 1 aromatic carbocycles. The van der Waals surface area contributed by atoms with Crippen molar-refractivity contribution in [1.82, 2.24) is 10.3 Å². The number of aliphatic hydroxyl groups is 2. The van der Waals surface area contributed by atoms with Crippen molar-refractivity contribution in [3.63, 3.8) is 0 Å². The van der Waals surface area contributed by atoms with Crippen molar-refractivity contribution < 1.29 is 32.9 Å². The number of nitrogens with zero attached hydrogens (tertiary/aromatic N) is 1. The van der Waals surface area contributed by atoms with Crippen LogP contribution in [0.25, 0.3) is 11.1 Å². The van der Waals surface area contributed by atoms with Gasteiger partial charge in [-0.15, -0.1) is 0 Å². The molecule has 0 saturated carbocycles. The Kier molecular flexibility index (Phi) is 6.89. The first kappa shape index (κ1) is 20.8. The molecular weight excluding hydrogens is 365 g/mol. The van der Waals surface area contributed by atoms with Crippen molar-refractivity contribution in [2.45, 2.75) is 25.7 Å². The molecule has 1 amide bonds. The second kappa shape index (κ2) is 8.94. The molecule has 146 valence electrons. The lowest BCUT2D eigenvalue weighted by Crippen LogP contribution is -2.31. The number of carbonyl (C=O) groups excluding carboxylic acids is 1. The second-order valence-corrected chi connectivity index (χ2v) is 5.78. The minimum absolute atomic E-state index is 0.0659. The standard InChI is InChI=1S/C18H19F3N2O4/c1-11-15(18(25,26)27-6-2-5-22-10-24)8-13(9-23-11)12-3-4-16(19)14(7-12)17(20)21/h3-4,7-10,17,25-26H,2,5-6H2,1H3,(H,22,24). The zero-order valence-electron chi connectivity index (χ0n) is 14.5. The van der Waals surface area contributed by atoms with Crippen LogP contribution in [-0.4, -0.2) is 34.8 Å². The number of halogens is 3. The summed E-state index contributed by atoms with van der Waals surface area (Å²) in [6, 6.07) is 4.52. The molecule has 0 spiro atoms. The van der Waals surface area contributed by atoms with Gasteiger partial charge in [-0.05, 0) is 37.1 Å². The molecule has 27 heavy (non-hydrogen) atoms. The van der Waals surface area contributed by atoms with Crippen molar-refractivity contribution >= 4 is 6.41 Å². The molecule has 1 aromatic heterocycles. The van der Waals surface area contributed by atoms with Gasteiger partial charge in [0.05, 0.1) is 17.7 Å². The van der Waals surface area contributed by atoms with Crippen molar-refractivity contribution in [3.8, 4) is 11.1 Å². The molecule has 6 nitrogen and oxygen atoms in total. The van der Waals surface area contributed by atoms with E-state index in [0.717, 1.165) is 12.1 Å². The van der Waals surface area contributed by atoms with Crippen LogP contribution in [-0.2, 0) is 15.5 Å². The number of aromatic nitrogens is 1. The summed E-state index contributed by atoms with van der Waals surface area (Å²) in [4.78, 5) is 14.2. The van der Waals surface area contributed by atoms with Crippen molar-refractivity contribution in [2.24, 2.45) is 0 Å². The molecule has 1 heterocycles. The molecule has 9 heteroatoms. The Bertz CT molecular complexity index is 800. The number of carbonyl (C=O) groups is 1. The smallest absolute Gasteiger partial charge is 0.308 e. The summed E-state index contributed by atoms with van der Waals surface area (Å²) in [7, 11) is 0. The minimum Gasteiger partial charge on any atom is -0.359 e. The highest BCUT2D eigenvalue weighted by Gasteiger charge is 2.30. The summed E-state index contributed by atoms with van der Waals surface area (Å²) in [5, 5.41) is 22.8. The Morgan fingerprint density at radius 2 is 2.04 bits per heavy atom. The van der Waals surface area contributed by atoms with E-state index in [0.29, 0.717) is 19.4 Å². The van der Waals surface area contributed by atoms with Crippen molar-refractivity contribution in [1.29, 1.82) is 0 Å². The monoisotopic (exact) mass is 384 g/mol. The summed E-state index contributed by atoms with van der Waals surface area (Å²) in [5.41, 5.74) is -0.0485. The van der Waals surface area contributed by atoms with Crippen LogP contribution in [0.3, 0.4) is 0 Å². The molecule has 0 aliphatic heterocycles. The third-order valence-corrected chi connectivity index (χ3v) is 3.85. The fraction of sp³-hybridized carbons (Fsp3) is 0.333. The molecule has 0 atom stereocenters. The Morgan fingerprint density at radius 3 is 2.70 bits per heavy atom. The van der Waals surface area contributed by atoms with Gasteiger partial charge in [0.1, 0.15) is 5.82 Å². The first-order chi connectivity index (χ1) is 12.8. The van der Waals surface area contributed by atoms with E-state index in [1.165, 1.54) is 25.3 Å². The van der Waals surface area contributed by atoms with Crippen molar-refractivity contribution in [2.75, 3.05) is 13.2 Å². The summed E-state index contributed by atoms with van der Waals surface area (Å²) >= 11 is 0. The quantitative estimate of drug-likeness (QED) is 0.351. The van der Waals surface area contributed by atoms with Crippen LogP contribution in [0.5, 0.6) is 0 Å². The number of amides is 1. The van der Waals surface area contributed by atoms with Gasteiger partial charge < -0.3 is 20.3 Å². The predicted octanol–water partition coefficient (Wildman–Crippen LogP) is 2.38. The first-order valence-corrected chi connectivity index (χ1v) is 8.07. The average Bonchev–Trinajstić information content (AvgIpc) is 2.62. The first-order valence-electron chi connectivity index (χ1n) is 8.07. The van der Waals surface area contributed by atoms with E-state index in [2.05, 4.69) is 10.3 Å². The number of benzene rings is 1. The maximum Gasteiger partial charge on any atom is 0.308 e. The molecule has 2 aromatic rings. The van der Waals surface area contributed by atoms with Gasteiger partial charge in [-0.1, -0.05) is 6.07 Å². The molecule has 3 N–H and O–H groups in total. The van der Waals surface area contributed by atoms with Crippen LogP contribution in [0.1, 0.15) is 29.7 Å². The van der Waals surface area contributed by atoms with E-state index in [4.69, 9.17) is 4.74 Å². The molecule has 0 radical (unpaired) electrons. The number of pyridine rings is 1. The molecule has 0 aliphatic carbocycles. The lowest BCUT2D eigenvalue weighted by atomic mass is 10.0. The normalized spacial score (nSPS) is 11.7. The lowest BCUT2D eigenvalue weighted by Gasteiger charge is -2.24. The summed E-state index contributed by atoms with van der Waals surface area (Å²) < 4.78 is 44.3. The number of nitrogens with one attached hydrogen (secondary N) is 1. The number of aryl methyl sites for hydroxylation is 1. The summed E-state index contributed by atoms with van der Waals surface area (Å²) in [6.45, 7) is 1.75. The molecule has 0 unspecified atom stereocenters. The SMILES string of the molecule is Cc1ncc(-c2ccc(F)c(C(F)F)c2)cc1C(O)(O)OCCCNC=O. The molecule has 2 rings (SSSR count). The summed E-state index contributed by atoms with van der Waals surface area (Å²) in [6.07, 6.45) is -0.783. The van der Waals surface area contributed by atoms with Crippen molar-refractivity contribution in [3.05, 3.63) is 53.1 Å². The van der Waals surface area contributed by atoms with E-state index in [9.17, 15) is 28.2 Å². The lowest BCUT2D eigenvalue weighted by molar-refractivity contribution is -0.350. The summed E-state index contributed by atoms with van der Waals surface area (Å²) in [5.74, 6) is -3.69. The van der Waals surface area contributed by atoms with Crippen LogP contribution >= 0.6 is 0 Å². The van der Waals surface area contributed by atoms with Gasteiger partial charge in [0.2, 0.25) is 6.41 Å². The van der Waals surface area contributed by atoms with Gasteiger partial charge in [-0.3, -0.25) is 9.78 Å². The topological polar surface area (TPSA) is 91.7 Å². The maximum absolute atomic E-state index is 13.5. The van der Waals surface area contributed by atoms with Crippen LogP contribution in [0, 0.1) is 12.7 Å². The van der Waals surface area contributed by atoms with Crippen LogP contribution in [0.2, 0.25) is 0 Å². The highest BCUT2D eigenvalue weighted by Crippen LogP contribution is 2.31. The molecular formula is C18H19F3N2O4. The van der Waals surface area contributed by atoms with Gasteiger partial charge >= 0.3 is 5.97 Å². The van der Waals surface area contributed by atoms with Crippen LogP contribution < -0.4 is 5.32 Å². The highest BCUT2D eigenvalue weighted by atomic mass is 19.3. The molecule has 0 saturated heterocycles. The van der Waals surface area contributed by atoms with E-state index in [-0.39, 0.29) is 29.0 Å². The fourth-order valence-electron chi connectivity index (χ4n) is 2.44. The van der Waals surface area contributed by atoms with Gasteiger partial charge in [-0.25, -0.2) is 13.2 Å². The third kappa shape index (κ3) is 5.25. The Balaban J connectivity index is 2.27. The molecule has 0 bridgehead atoms. The maximum atomic E-state index is 13.5. The number of hydrogen-bond donors (Lipinski definition) is 3. The number of hydrogen-bond acceptors (Lipinski definition) is 5. The Labute approximate surface area is 153 Å². The van der Waals surface area contributed by atoms with Crippen LogP contribution in [0.4, 0.5) is 13.2 Å². The average molecular weight is 384 g/mol. The second-order valence-electron chi connectivity index (χ2n) is 5.78. The fourth-order valence-corrected chi connectivity index (χ4v) is 2.44. The largest absolute Gasteiger partial charge is 0.359 e. The van der Waals surface area contributed by atoms with Gasteiger partial charge in [-0.2, -0.15) is 0 Å². The number of ether oxygens (including phenoxy) is 1. The Morgan fingerprint density at radius 1 is 1.30 bits per heavy atom. The zero-order chi connectivity index (χ0) is 20.0. The number of rotatable bonds is 9. The van der Waals surface area contributed by atoms with E-state index in [1.54, 1.807) is 0 Å². The van der Waals surface area contributed by atoms with Gasteiger partial charge in [0.25, 0.3) is 6.43 Å². The number of alkyl halides is 2. The van der Waals surface area contributed by atoms with E-state index in [1.807, 2.05) is 0 Å². The molecule has 0 fully saturated rings.